The van der Waals surface area contributed by atoms with Crippen molar-refractivity contribution in [1.82, 2.24) is 5.32 Å². The molecule has 0 bridgehead atoms. The molecule has 1 unspecified atom stereocenters. The number of carbonyl (C=O) groups excluding carboxylic acids is 1. The van der Waals surface area contributed by atoms with Gasteiger partial charge in [0.1, 0.15) is 0 Å². The van der Waals surface area contributed by atoms with Crippen molar-refractivity contribution >= 4 is 5.91 Å². The molecule has 1 amide bonds. The lowest BCUT2D eigenvalue weighted by molar-refractivity contribution is -0.122. The van der Waals surface area contributed by atoms with Gasteiger partial charge in [-0.25, -0.2) is 0 Å². The summed E-state index contributed by atoms with van der Waals surface area (Å²) in [6, 6.07) is -0.519. The molecule has 0 aromatic carbocycles. The normalized spacial score (nSPS) is 22.1. The molecule has 0 heterocycles. The fourth-order valence-electron chi connectivity index (χ4n) is 1.56. The van der Waals surface area contributed by atoms with Crippen LogP contribution in [-0.4, -0.2) is 29.7 Å². The van der Waals surface area contributed by atoms with Crippen LogP contribution in [0.1, 0.15) is 19.8 Å². The number of rotatable bonds is 4. The Morgan fingerprint density at radius 2 is 2.53 bits per heavy atom. The van der Waals surface area contributed by atoms with Gasteiger partial charge in [0.15, 0.2) is 0 Å². The van der Waals surface area contributed by atoms with Gasteiger partial charge in [-0.3, -0.25) is 4.79 Å². The molecule has 0 aromatic rings. The Morgan fingerprint density at radius 3 is 3.13 bits per heavy atom. The lowest BCUT2D eigenvalue weighted by Crippen LogP contribution is -2.40. The maximum atomic E-state index is 11.4. The van der Waals surface area contributed by atoms with Crippen LogP contribution in [0.5, 0.6) is 0 Å². The highest BCUT2D eigenvalue weighted by Gasteiger charge is 2.16. The maximum Gasteiger partial charge on any atom is 0.237 e. The molecule has 84 valence electrons. The highest BCUT2D eigenvalue weighted by atomic mass is 16.3. The molecule has 2 atom stereocenters. The summed E-state index contributed by atoms with van der Waals surface area (Å²) >= 11 is 0. The van der Waals surface area contributed by atoms with Crippen LogP contribution in [0, 0.1) is 0 Å². The lowest BCUT2D eigenvalue weighted by Gasteiger charge is -2.17. The minimum absolute atomic E-state index is 0.137. The van der Waals surface area contributed by atoms with Gasteiger partial charge in [-0.1, -0.05) is 23.8 Å². The Labute approximate surface area is 89.8 Å². The molecule has 4 heteroatoms. The summed E-state index contributed by atoms with van der Waals surface area (Å²) in [4.78, 5) is 11.4. The number of likely N-dealkylation sites (N-methyl/N-ethyl adjacent to an activating group) is 1. The Kier molecular flexibility index (Phi) is 4.52. The Bertz CT molecular complexity index is 284. The summed E-state index contributed by atoms with van der Waals surface area (Å²) < 4.78 is 0. The zero-order valence-corrected chi connectivity index (χ0v) is 8.94. The highest BCUT2D eigenvalue weighted by Crippen LogP contribution is 2.17. The van der Waals surface area contributed by atoms with E-state index in [-0.39, 0.29) is 5.91 Å². The van der Waals surface area contributed by atoms with E-state index in [1.807, 2.05) is 13.0 Å². The third-order valence-corrected chi connectivity index (χ3v) is 2.31. The molecular formula is C11H18N2O2. The Morgan fingerprint density at radius 1 is 1.80 bits per heavy atom. The molecule has 0 radical (unpaired) electrons. The van der Waals surface area contributed by atoms with Gasteiger partial charge in [0, 0.05) is 6.54 Å². The fourth-order valence-corrected chi connectivity index (χ4v) is 1.56. The van der Waals surface area contributed by atoms with Crippen molar-refractivity contribution < 1.29 is 9.90 Å². The molecule has 0 spiro atoms. The first-order valence-corrected chi connectivity index (χ1v) is 5.21. The van der Waals surface area contributed by atoms with E-state index in [0.29, 0.717) is 19.4 Å². The number of allylic oxidation sites excluding steroid dienone is 2. The molecule has 0 fully saturated rings. The molecular weight excluding hydrogens is 192 g/mol. The molecule has 1 aliphatic rings. The summed E-state index contributed by atoms with van der Waals surface area (Å²) in [7, 11) is 0. The summed E-state index contributed by atoms with van der Waals surface area (Å²) in [5, 5.41) is 12.0. The highest BCUT2D eigenvalue weighted by molar-refractivity contribution is 5.81. The number of hydrogen-bond acceptors (Lipinski definition) is 3. The van der Waals surface area contributed by atoms with Crippen LogP contribution in [0.3, 0.4) is 0 Å². The first-order chi connectivity index (χ1) is 7.13. The van der Waals surface area contributed by atoms with Crippen LogP contribution in [0.2, 0.25) is 0 Å². The first kappa shape index (κ1) is 11.9. The van der Waals surface area contributed by atoms with Crippen LogP contribution in [0.4, 0.5) is 0 Å². The van der Waals surface area contributed by atoms with Crippen molar-refractivity contribution in [2.24, 2.45) is 5.73 Å². The monoisotopic (exact) mass is 210 g/mol. The second kappa shape index (κ2) is 5.68. The minimum atomic E-state index is -0.519. The summed E-state index contributed by atoms with van der Waals surface area (Å²) in [6.45, 7) is 2.45. The zero-order valence-electron chi connectivity index (χ0n) is 8.94. The van der Waals surface area contributed by atoms with E-state index in [1.165, 1.54) is 0 Å². The maximum absolute atomic E-state index is 11.4. The average molecular weight is 210 g/mol. The van der Waals surface area contributed by atoms with Crippen molar-refractivity contribution in [2.45, 2.75) is 31.9 Å². The molecule has 0 saturated heterocycles. The molecule has 0 aromatic heterocycles. The summed E-state index contributed by atoms with van der Waals surface area (Å²) in [6.07, 6.45) is 6.07. The van der Waals surface area contributed by atoms with E-state index in [0.717, 1.165) is 5.57 Å². The van der Waals surface area contributed by atoms with Gasteiger partial charge in [-0.2, -0.15) is 0 Å². The molecule has 4 nitrogen and oxygen atoms in total. The summed E-state index contributed by atoms with van der Waals surface area (Å²) in [5.74, 6) is -0.137. The largest absolute Gasteiger partial charge is 0.389 e. The van der Waals surface area contributed by atoms with E-state index in [9.17, 15) is 9.90 Å². The van der Waals surface area contributed by atoms with Gasteiger partial charge in [-0.05, 0) is 19.8 Å². The van der Waals surface area contributed by atoms with Crippen LogP contribution in [-0.2, 0) is 4.79 Å². The van der Waals surface area contributed by atoms with Gasteiger partial charge in [0.25, 0.3) is 0 Å². The van der Waals surface area contributed by atoms with Gasteiger partial charge >= 0.3 is 0 Å². The first-order valence-electron chi connectivity index (χ1n) is 5.21. The standard InChI is InChI=1S/C11H18N2O2/c1-2-13-11(15)10(12)7-8-4-3-5-9(14)6-8/h3-5,9-10,14H,2,6-7,12H2,1H3,(H,13,15)/t9?,10-/m0/s1. The number of nitrogens with two attached hydrogens (primary N) is 1. The van der Waals surface area contributed by atoms with E-state index < -0.39 is 12.1 Å². The number of aliphatic hydroxyl groups is 1. The zero-order chi connectivity index (χ0) is 11.3. The van der Waals surface area contributed by atoms with Crippen molar-refractivity contribution in [3.05, 3.63) is 23.8 Å². The van der Waals surface area contributed by atoms with Crippen LogP contribution in [0.15, 0.2) is 23.8 Å². The topological polar surface area (TPSA) is 75.4 Å². The van der Waals surface area contributed by atoms with E-state index in [2.05, 4.69) is 5.32 Å². The van der Waals surface area contributed by atoms with E-state index in [1.54, 1.807) is 12.2 Å². The van der Waals surface area contributed by atoms with Gasteiger partial charge in [0.05, 0.1) is 12.1 Å². The number of carbonyl (C=O) groups is 1. The Hall–Kier alpha value is -1.13. The van der Waals surface area contributed by atoms with Crippen LogP contribution >= 0.6 is 0 Å². The van der Waals surface area contributed by atoms with E-state index >= 15 is 0 Å². The fraction of sp³-hybridized carbons (Fsp3) is 0.545. The SMILES string of the molecule is CCNC(=O)[C@@H](N)CC1=CC=CC(O)C1. The van der Waals surface area contributed by atoms with Crippen molar-refractivity contribution in [3.63, 3.8) is 0 Å². The van der Waals surface area contributed by atoms with Crippen LogP contribution < -0.4 is 11.1 Å². The molecule has 15 heavy (non-hydrogen) atoms. The summed E-state index contributed by atoms with van der Waals surface area (Å²) in [5.41, 5.74) is 6.74. The van der Waals surface area contributed by atoms with E-state index in [4.69, 9.17) is 5.73 Å². The second-order valence-electron chi connectivity index (χ2n) is 3.69. The second-order valence-corrected chi connectivity index (χ2v) is 3.69. The molecule has 1 aliphatic carbocycles. The predicted molar refractivity (Wildman–Crippen MR) is 59.1 cm³/mol. The number of hydrogen-bond donors (Lipinski definition) is 3. The molecule has 0 aliphatic heterocycles. The smallest absolute Gasteiger partial charge is 0.237 e. The molecule has 0 saturated carbocycles. The number of nitrogens with one attached hydrogen (secondary N) is 1. The molecule has 1 rings (SSSR count). The number of aliphatic hydroxyl groups excluding tert-OH is 1. The average Bonchev–Trinajstić information content (AvgIpc) is 2.18. The van der Waals surface area contributed by atoms with Gasteiger partial charge < -0.3 is 16.2 Å². The number of amides is 1. The third-order valence-electron chi connectivity index (χ3n) is 2.31. The van der Waals surface area contributed by atoms with Gasteiger partial charge in [0.2, 0.25) is 5.91 Å². The quantitative estimate of drug-likeness (QED) is 0.615. The molecule has 4 N–H and O–H groups in total. The third kappa shape index (κ3) is 3.85. The van der Waals surface area contributed by atoms with Crippen molar-refractivity contribution in [1.29, 1.82) is 0 Å². The van der Waals surface area contributed by atoms with Crippen molar-refractivity contribution in [2.75, 3.05) is 6.54 Å². The minimum Gasteiger partial charge on any atom is -0.389 e. The Balaban J connectivity index is 2.44. The predicted octanol–water partition coefficient (Wildman–Crippen LogP) is 0.0871. The van der Waals surface area contributed by atoms with Crippen LogP contribution in [0.25, 0.3) is 0 Å². The lowest BCUT2D eigenvalue weighted by atomic mass is 9.96. The van der Waals surface area contributed by atoms with Gasteiger partial charge in [-0.15, -0.1) is 0 Å². The van der Waals surface area contributed by atoms with Crippen molar-refractivity contribution in [3.8, 4) is 0 Å².